The van der Waals surface area contributed by atoms with Gasteiger partial charge in [-0.25, -0.2) is 13.2 Å². The molecule has 10 nitrogen and oxygen atoms in total. The summed E-state index contributed by atoms with van der Waals surface area (Å²) in [5.74, 6) is -1.36. The minimum atomic E-state index is -3.82. The number of hydrogen-bond acceptors (Lipinski definition) is 7. The van der Waals surface area contributed by atoms with Gasteiger partial charge in [0.2, 0.25) is 10.0 Å². The summed E-state index contributed by atoms with van der Waals surface area (Å²) in [6.45, 7) is 4.56. The number of nitrogens with zero attached hydrogens (tertiary/aromatic N) is 1. The van der Waals surface area contributed by atoms with Crippen LogP contribution in [-0.2, 0) is 29.1 Å². The molecule has 0 atom stereocenters. The number of anilines is 1. The SMILES string of the molecule is CN(C1CCCCC1)S(=O)(=O)c1ccccc1NC(=O)COC(=O)CCNC(=O)OC(C)(C)C. The molecule has 11 heteroatoms. The number of carbonyl (C=O) groups excluding carboxylic acids is 3. The van der Waals surface area contributed by atoms with E-state index in [1.807, 2.05) is 0 Å². The van der Waals surface area contributed by atoms with Gasteiger partial charge >= 0.3 is 12.1 Å². The first-order valence-electron chi connectivity index (χ1n) is 11.4. The Bertz CT molecular complexity index is 967. The Balaban J connectivity index is 1.88. The van der Waals surface area contributed by atoms with Gasteiger partial charge in [0, 0.05) is 19.6 Å². The summed E-state index contributed by atoms with van der Waals surface area (Å²) < 4.78 is 37.8. The van der Waals surface area contributed by atoms with E-state index in [0.29, 0.717) is 0 Å². The molecular formula is C23H35N3O7S. The standard InChI is InChI=1S/C23H35N3O7S/c1-23(2,3)33-22(29)24-15-14-21(28)32-16-20(27)25-18-12-8-9-13-19(18)34(30,31)26(4)17-10-6-5-7-11-17/h8-9,12-13,17H,5-7,10-11,14-16H2,1-4H3,(H,24,29)(H,25,27). The number of hydrogen-bond donors (Lipinski definition) is 2. The zero-order valence-corrected chi connectivity index (χ0v) is 21.1. The number of sulfonamides is 1. The van der Waals surface area contributed by atoms with E-state index < -0.39 is 40.2 Å². The van der Waals surface area contributed by atoms with Crippen molar-refractivity contribution < 1.29 is 32.3 Å². The molecular weight excluding hydrogens is 462 g/mol. The van der Waals surface area contributed by atoms with Gasteiger partial charge in [-0.3, -0.25) is 9.59 Å². The number of ether oxygens (including phenoxy) is 2. The molecule has 2 rings (SSSR count). The smallest absolute Gasteiger partial charge is 0.407 e. The molecule has 34 heavy (non-hydrogen) atoms. The highest BCUT2D eigenvalue weighted by molar-refractivity contribution is 7.89. The molecule has 0 radical (unpaired) electrons. The van der Waals surface area contributed by atoms with E-state index in [2.05, 4.69) is 10.6 Å². The zero-order chi connectivity index (χ0) is 25.4. The maximum Gasteiger partial charge on any atom is 0.407 e. The van der Waals surface area contributed by atoms with Crippen LogP contribution >= 0.6 is 0 Å². The third kappa shape index (κ3) is 8.60. The number of amides is 2. The highest BCUT2D eigenvalue weighted by atomic mass is 32.2. The Morgan fingerprint density at radius 3 is 2.38 bits per heavy atom. The second-order valence-electron chi connectivity index (χ2n) is 9.20. The molecule has 2 N–H and O–H groups in total. The number of carbonyl (C=O) groups is 3. The third-order valence-electron chi connectivity index (χ3n) is 5.27. The summed E-state index contributed by atoms with van der Waals surface area (Å²) in [5.41, 5.74) is -0.532. The molecule has 1 fully saturated rings. The summed E-state index contributed by atoms with van der Waals surface area (Å²) in [7, 11) is -2.25. The summed E-state index contributed by atoms with van der Waals surface area (Å²) in [5, 5.41) is 4.94. The van der Waals surface area contributed by atoms with Crippen molar-refractivity contribution in [2.24, 2.45) is 0 Å². The van der Waals surface area contributed by atoms with Crippen LogP contribution in [0.1, 0.15) is 59.3 Å². The minimum Gasteiger partial charge on any atom is -0.456 e. The van der Waals surface area contributed by atoms with Crippen LogP contribution in [0.15, 0.2) is 29.2 Å². The van der Waals surface area contributed by atoms with E-state index in [0.717, 1.165) is 32.1 Å². The predicted octanol–water partition coefficient (Wildman–Crippen LogP) is 3.04. The fourth-order valence-corrected chi connectivity index (χ4v) is 5.14. The molecule has 0 aliphatic heterocycles. The van der Waals surface area contributed by atoms with Crippen LogP contribution in [0, 0.1) is 0 Å². The molecule has 1 saturated carbocycles. The topological polar surface area (TPSA) is 131 Å². The zero-order valence-electron chi connectivity index (χ0n) is 20.3. The first kappa shape index (κ1) is 27.6. The molecule has 0 heterocycles. The van der Waals surface area contributed by atoms with Gasteiger partial charge in [-0.15, -0.1) is 0 Å². The molecule has 2 amide bonds. The van der Waals surface area contributed by atoms with Gasteiger partial charge in [-0.2, -0.15) is 4.31 Å². The molecule has 1 aliphatic carbocycles. The van der Waals surface area contributed by atoms with E-state index in [1.54, 1.807) is 40.0 Å². The molecule has 0 spiro atoms. The van der Waals surface area contributed by atoms with Crippen molar-refractivity contribution in [3.63, 3.8) is 0 Å². The number of para-hydroxylation sites is 1. The van der Waals surface area contributed by atoms with Gasteiger partial charge < -0.3 is 20.1 Å². The summed E-state index contributed by atoms with van der Waals surface area (Å²) in [6, 6.07) is 6.07. The van der Waals surface area contributed by atoms with Crippen molar-refractivity contribution in [1.29, 1.82) is 0 Å². The number of rotatable bonds is 9. The van der Waals surface area contributed by atoms with E-state index in [4.69, 9.17) is 9.47 Å². The molecule has 0 aromatic heterocycles. The van der Waals surface area contributed by atoms with E-state index in [9.17, 15) is 22.8 Å². The van der Waals surface area contributed by atoms with Crippen molar-refractivity contribution in [1.82, 2.24) is 9.62 Å². The molecule has 0 unspecified atom stereocenters. The number of benzene rings is 1. The Morgan fingerprint density at radius 1 is 1.09 bits per heavy atom. The Kier molecular flexibility index (Phi) is 9.87. The largest absolute Gasteiger partial charge is 0.456 e. The Labute approximate surface area is 201 Å². The van der Waals surface area contributed by atoms with Crippen LogP contribution < -0.4 is 10.6 Å². The molecule has 190 valence electrons. The van der Waals surface area contributed by atoms with Crippen LogP contribution in [0.2, 0.25) is 0 Å². The van der Waals surface area contributed by atoms with Crippen molar-refractivity contribution in [3.8, 4) is 0 Å². The Morgan fingerprint density at radius 2 is 1.74 bits per heavy atom. The molecule has 1 aliphatic rings. The number of alkyl carbamates (subject to hydrolysis) is 1. The Hall–Kier alpha value is -2.66. The molecule has 0 saturated heterocycles. The molecule has 1 aromatic rings. The average Bonchev–Trinajstić information content (AvgIpc) is 2.77. The average molecular weight is 498 g/mol. The normalized spacial score (nSPS) is 15.0. The van der Waals surface area contributed by atoms with Crippen LogP contribution in [0.3, 0.4) is 0 Å². The lowest BCUT2D eigenvalue weighted by Gasteiger charge is -2.30. The van der Waals surface area contributed by atoms with Crippen LogP contribution in [0.25, 0.3) is 0 Å². The second kappa shape index (κ2) is 12.2. The lowest BCUT2D eigenvalue weighted by Crippen LogP contribution is -2.38. The highest BCUT2D eigenvalue weighted by Gasteiger charge is 2.31. The van der Waals surface area contributed by atoms with Gasteiger partial charge in [0.25, 0.3) is 5.91 Å². The predicted molar refractivity (Wildman–Crippen MR) is 127 cm³/mol. The van der Waals surface area contributed by atoms with Crippen molar-refractivity contribution in [2.75, 3.05) is 25.5 Å². The molecule has 0 bridgehead atoms. The van der Waals surface area contributed by atoms with Crippen LogP contribution in [0.5, 0.6) is 0 Å². The van der Waals surface area contributed by atoms with E-state index in [-0.39, 0.29) is 29.6 Å². The van der Waals surface area contributed by atoms with Gasteiger partial charge in [0.1, 0.15) is 10.5 Å². The second-order valence-corrected chi connectivity index (χ2v) is 11.2. The van der Waals surface area contributed by atoms with Crippen LogP contribution in [-0.4, -0.2) is 62.5 Å². The van der Waals surface area contributed by atoms with E-state index >= 15 is 0 Å². The van der Waals surface area contributed by atoms with Gasteiger partial charge in [0.15, 0.2) is 6.61 Å². The van der Waals surface area contributed by atoms with Gasteiger partial charge in [-0.1, -0.05) is 31.4 Å². The summed E-state index contributed by atoms with van der Waals surface area (Å²) >= 11 is 0. The van der Waals surface area contributed by atoms with Gasteiger partial charge in [0.05, 0.1) is 12.1 Å². The first-order valence-corrected chi connectivity index (χ1v) is 12.8. The number of nitrogens with one attached hydrogen (secondary N) is 2. The van der Waals surface area contributed by atoms with Crippen molar-refractivity contribution >= 4 is 33.7 Å². The van der Waals surface area contributed by atoms with E-state index in [1.165, 1.54) is 16.4 Å². The van der Waals surface area contributed by atoms with Gasteiger partial charge in [-0.05, 0) is 45.7 Å². The number of esters is 1. The fraction of sp³-hybridized carbons (Fsp3) is 0.609. The summed E-state index contributed by atoms with van der Waals surface area (Å²) in [4.78, 5) is 35.7. The lowest BCUT2D eigenvalue weighted by molar-refractivity contribution is -0.147. The third-order valence-corrected chi connectivity index (χ3v) is 7.24. The monoisotopic (exact) mass is 497 g/mol. The van der Waals surface area contributed by atoms with Crippen LogP contribution in [0.4, 0.5) is 10.5 Å². The fourth-order valence-electron chi connectivity index (χ4n) is 3.58. The quantitative estimate of drug-likeness (QED) is 0.501. The molecule has 1 aromatic carbocycles. The first-order chi connectivity index (χ1) is 15.9. The highest BCUT2D eigenvalue weighted by Crippen LogP contribution is 2.29. The van der Waals surface area contributed by atoms with Crippen molar-refractivity contribution in [2.45, 2.75) is 75.8 Å². The van der Waals surface area contributed by atoms with Crippen molar-refractivity contribution in [3.05, 3.63) is 24.3 Å². The maximum absolute atomic E-state index is 13.2. The minimum absolute atomic E-state index is 0.00990. The maximum atomic E-state index is 13.2. The summed E-state index contributed by atoms with van der Waals surface area (Å²) in [6.07, 6.45) is 3.89. The lowest BCUT2D eigenvalue weighted by atomic mass is 9.96.